The molecule has 1 aromatic heterocycles. The van der Waals surface area contributed by atoms with Crippen LogP contribution in [0.25, 0.3) is 17.0 Å². The van der Waals surface area contributed by atoms with Crippen LogP contribution in [0.15, 0.2) is 63.8 Å². The number of rotatable bonds is 5. The van der Waals surface area contributed by atoms with Gasteiger partial charge in [-0.2, -0.15) is 0 Å². The van der Waals surface area contributed by atoms with E-state index >= 15 is 0 Å². The molecule has 1 aliphatic carbocycles. The molecule has 1 fully saturated rings. The normalized spacial score (nSPS) is 14.5. The summed E-state index contributed by atoms with van der Waals surface area (Å²) in [5, 5.41) is 4.10. The number of esters is 1. The highest BCUT2D eigenvalue weighted by molar-refractivity contribution is 6.30. The lowest BCUT2D eigenvalue weighted by Gasteiger charge is -2.22. The van der Waals surface area contributed by atoms with Gasteiger partial charge in [0.25, 0.3) is 5.91 Å². The van der Waals surface area contributed by atoms with Gasteiger partial charge in [-0.05, 0) is 54.8 Å². The van der Waals surface area contributed by atoms with Crippen LogP contribution in [-0.4, -0.2) is 17.9 Å². The Morgan fingerprint density at radius 3 is 2.53 bits per heavy atom. The highest BCUT2D eigenvalue weighted by Gasteiger charge is 2.20. The van der Waals surface area contributed by atoms with Gasteiger partial charge in [0.1, 0.15) is 16.9 Å². The second kappa shape index (κ2) is 9.83. The maximum Gasteiger partial charge on any atom is 0.349 e. The first-order valence-electron chi connectivity index (χ1n) is 10.5. The van der Waals surface area contributed by atoms with Crippen LogP contribution in [0.1, 0.15) is 48.0 Å². The predicted octanol–water partition coefficient (Wildman–Crippen LogP) is 5.13. The summed E-state index contributed by atoms with van der Waals surface area (Å²) in [7, 11) is 0. The lowest BCUT2D eigenvalue weighted by Crippen LogP contribution is -2.38. The minimum Gasteiger partial charge on any atom is -0.423 e. The van der Waals surface area contributed by atoms with Crippen molar-refractivity contribution in [1.29, 1.82) is 0 Å². The standard InChI is InChI=1S/C25H22ClNO5/c26-18-10-6-16(7-11-18)8-13-23(28)31-20-12-9-17-14-21(25(30)32-22(17)15-20)24(29)27-19-4-2-1-3-5-19/h6-15,19H,1-5H2,(H,27,29)/b13-8+. The molecule has 4 rings (SSSR count). The molecule has 6 nitrogen and oxygen atoms in total. The Hall–Kier alpha value is -3.38. The fourth-order valence-corrected chi connectivity index (χ4v) is 3.84. The van der Waals surface area contributed by atoms with Crippen molar-refractivity contribution in [2.24, 2.45) is 0 Å². The van der Waals surface area contributed by atoms with Crippen LogP contribution in [0.4, 0.5) is 0 Å². The number of amides is 1. The van der Waals surface area contributed by atoms with E-state index in [1.807, 2.05) is 0 Å². The number of ether oxygens (including phenoxy) is 1. The molecule has 1 amide bonds. The summed E-state index contributed by atoms with van der Waals surface area (Å²) in [6.45, 7) is 0. The summed E-state index contributed by atoms with van der Waals surface area (Å²) in [5.74, 6) is -0.772. The number of carbonyl (C=O) groups excluding carboxylic acids is 2. The van der Waals surface area contributed by atoms with Crippen LogP contribution in [-0.2, 0) is 4.79 Å². The zero-order chi connectivity index (χ0) is 22.5. The monoisotopic (exact) mass is 451 g/mol. The molecular formula is C25H22ClNO5. The van der Waals surface area contributed by atoms with E-state index in [9.17, 15) is 14.4 Å². The zero-order valence-corrected chi connectivity index (χ0v) is 18.1. The van der Waals surface area contributed by atoms with Gasteiger partial charge in [-0.3, -0.25) is 4.79 Å². The van der Waals surface area contributed by atoms with Gasteiger partial charge in [0.2, 0.25) is 0 Å². The summed E-state index contributed by atoms with van der Waals surface area (Å²) in [4.78, 5) is 37.0. The fraction of sp³-hybridized carbons (Fsp3) is 0.240. The highest BCUT2D eigenvalue weighted by Crippen LogP contribution is 2.22. The molecule has 164 valence electrons. The summed E-state index contributed by atoms with van der Waals surface area (Å²) >= 11 is 5.84. The quantitative estimate of drug-likeness (QED) is 0.251. The molecule has 3 aromatic rings. The number of nitrogens with one attached hydrogen (secondary N) is 1. The maximum absolute atomic E-state index is 12.5. The van der Waals surface area contributed by atoms with E-state index < -0.39 is 17.5 Å². The average molecular weight is 452 g/mol. The van der Waals surface area contributed by atoms with Gasteiger partial charge in [-0.15, -0.1) is 0 Å². The molecule has 1 N–H and O–H groups in total. The number of halogens is 1. The summed E-state index contributed by atoms with van der Waals surface area (Å²) in [6, 6.07) is 13.3. The Labute approximate surface area is 189 Å². The predicted molar refractivity (Wildman–Crippen MR) is 123 cm³/mol. The minimum atomic E-state index is -0.725. The second-order valence-electron chi connectivity index (χ2n) is 7.76. The molecule has 0 aliphatic heterocycles. The lowest BCUT2D eigenvalue weighted by molar-refractivity contribution is -0.128. The zero-order valence-electron chi connectivity index (χ0n) is 17.3. The van der Waals surface area contributed by atoms with E-state index in [4.69, 9.17) is 20.8 Å². The van der Waals surface area contributed by atoms with Gasteiger partial charge in [0.05, 0.1) is 0 Å². The van der Waals surface area contributed by atoms with Crippen molar-refractivity contribution >= 4 is 40.5 Å². The molecule has 0 unspecified atom stereocenters. The number of benzene rings is 2. The second-order valence-corrected chi connectivity index (χ2v) is 8.20. The van der Waals surface area contributed by atoms with Crippen LogP contribution in [0.5, 0.6) is 5.75 Å². The Kier molecular flexibility index (Phi) is 6.71. The third-order valence-corrected chi connectivity index (χ3v) is 5.64. The molecule has 0 spiro atoms. The number of hydrogen-bond acceptors (Lipinski definition) is 5. The molecule has 1 saturated carbocycles. The van der Waals surface area contributed by atoms with Crippen LogP contribution >= 0.6 is 11.6 Å². The molecule has 1 heterocycles. The molecule has 0 radical (unpaired) electrons. The highest BCUT2D eigenvalue weighted by atomic mass is 35.5. The first-order chi connectivity index (χ1) is 15.5. The maximum atomic E-state index is 12.5. The van der Waals surface area contributed by atoms with E-state index in [-0.39, 0.29) is 22.9 Å². The van der Waals surface area contributed by atoms with Gasteiger partial charge < -0.3 is 14.5 Å². The van der Waals surface area contributed by atoms with Crippen molar-refractivity contribution in [1.82, 2.24) is 5.32 Å². The van der Waals surface area contributed by atoms with Crippen LogP contribution in [0, 0.1) is 0 Å². The summed E-state index contributed by atoms with van der Waals surface area (Å²) in [6.07, 6.45) is 8.08. The Bertz CT molecular complexity index is 1220. The molecule has 1 aliphatic rings. The van der Waals surface area contributed by atoms with Crippen LogP contribution in [0.3, 0.4) is 0 Å². The summed E-state index contributed by atoms with van der Waals surface area (Å²) in [5.41, 5.74) is 0.279. The minimum absolute atomic E-state index is 0.0290. The Balaban J connectivity index is 1.46. The fourth-order valence-electron chi connectivity index (χ4n) is 3.71. The molecule has 0 saturated heterocycles. The lowest BCUT2D eigenvalue weighted by atomic mass is 9.95. The van der Waals surface area contributed by atoms with E-state index in [1.165, 1.54) is 24.6 Å². The van der Waals surface area contributed by atoms with Gasteiger partial charge in [-0.1, -0.05) is 43.0 Å². The first-order valence-corrected chi connectivity index (χ1v) is 10.9. The number of fused-ring (bicyclic) bond motifs is 1. The Morgan fingerprint density at radius 1 is 1.03 bits per heavy atom. The van der Waals surface area contributed by atoms with Crippen molar-refractivity contribution < 1.29 is 18.7 Å². The Morgan fingerprint density at radius 2 is 1.78 bits per heavy atom. The van der Waals surface area contributed by atoms with Crippen molar-refractivity contribution in [3.63, 3.8) is 0 Å². The molecule has 7 heteroatoms. The number of carbonyl (C=O) groups is 2. The van der Waals surface area contributed by atoms with Crippen LogP contribution in [0.2, 0.25) is 5.02 Å². The SMILES string of the molecule is O=C(/C=C/c1ccc(Cl)cc1)Oc1ccc2cc(C(=O)NC3CCCCC3)c(=O)oc2c1. The van der Waals surface area contributed by atoms with Gasteiger partial charge in [-0.25, -0.2) is 9.59 Å². The topological polar surface area (TPSA) is 85.6 Å². The largest absolute Gasteiger partial charge is 0.423 e. The third-order valence-electron chi connectivity index (χ3n) is 5.39. The molecule has 0 bridgehead atoms. The van der Waals surface area contributed by atoms with Crippen molar-refractivity contribution in [3.8, 4) is 5.75 Å². The van der Waals surface area contributed by atoms with Gasteiger partial charge in [0.15, 0.2) is 0 Å². The molecular weight excluding hydrogens is 430 g/mol. The molecule has 0 atom stereocenters. The first kappa shape index (κ1) is 21.8. The van der Waals surface area contributed by atoms with Crippen LogP contribution < -0.4 is 15.7 Å². The summed E-state index contributed by atoms with van der Waals surface area (Å²) < 4.78 is 10.6. The van der Waals surface area contributed by atoms with E-state index in [2.05, 4.69) is 5.32 Å². The van der Waals surface area contributed by atoms with Crippen molar-refractivity contribution in [3.05, 3.63) is 81.2 Å². The van der Waals surface area contributed by atoms with E-state index in [0.717, 1.165) is 31.2 Å². The van der Waals surface area contributed by atoms with Gasteiger partial charge in [0, 0.05) is 28.6 Å². The average Bonchev–Trinajstić information content (AvgIpc) is 2.79. The van der Waals surface area contributed by atoms with Crippen molar-refractivity contribution in [2.75, 3.05) is 0 Å². The van der Waals surface area contributed by atoms with Crippen molar-refractivity contribution in [2.45, 2.75) is 38.1 Å². The van der Waals surface area contributed by atoms with E-state index in [0.29, 0.717) is 10.4 Å². The smallest absolute Gasteiger partial charge is 0.349 e. The number of hydrogen-bond donors (Lipinski definition) is 1. The van der Waals surface area contributed by atoms with E-state index in [1.54, 1.807) is 42.5 Å². The molecule has 32 heavy (non-hydrogen) atoms. The third kappa shape index (κ3) is 5.45. The van der Waals surface area contributed by atoms with Gasteiger partial charge >= 0.3 is 11.6 Å². The molecule has 2 aromatic carbocycles.